The van der Waals surface area contributed by atoms with Crippen molar-refractivity contribution in [1.82, 2.24) is 0 Å². The van der Waals surface area contributed by atoms with E-state index in [4.69, 9.17) is 0 Å². The zero-order valence-electron chi connectivity index (χ0n) is 6.53. The fraction of sp³-hybridized carbons (Fsp3) is 0.125. The molecule has 0 aromatic heterocycles. The Kier molecular flexibility index (Phi) is 3.71. The molecule has 6 heteroatoms. The van der Waals surface area contributed by atoms with Crippen LogP contribution in [0.5, 0.6) is 0 Å². The second-order valence-electron chi connectivity index (χ2n) is 2.42. The Morgan fingerprint density at radius 1 is 1.14 bits per heavy atom. The molecule has 1 aromatic carbocycles. The van der Waals surface area contributed by atoms with Crippen molar-refractivity contribution >= 4 is 37.6 Å². The Labute approximate surface area is 94.6 Å². The topological polar surface area (TPSA) is 17.1 Å². The van der Waals surface area contributed by atoms with Gasteiger partial charge in [-0.05, 0) is 12.1 Å². The molecular formula is C8H3Br2F3O. The molecule has 0 bridgehead atoms. The van der Waals surface area contributed by atoms with Crippen LogP contribution in [0.15, 0.2) is 12.1 Å². The van der Waals surface area contributed by atoms with Gasteiger partial charge in [0.15, 0.2) is 23.2 Å². The summed E-state index contributed by atoms with van der Waals surface area (Å²) in [6, 6.07) is 1.30. The molecule has 0 radical (unpaired) electrons. The lowest BCUT2D eigenvalue weighted by molar-refractivity contribution is 0.101. The van der Waals surface area contributed by atoms with Gasteiger partial charge in [-0.25, -0.2) is 13.2 Å². The monoisotopic (exact) mass is 330 g/mol. The van der Waals surface area contributed by atoms with Gasteiger partial charge in [0.25, 0.3) is 0 Å². The van der Waals surface area contributed by atoms with E-state index in [2.05, 4.69) is 31.9 Å². The first kappa shape index (κ1) is 11.7. The van der Waals surface area contributed by atoms with Crippen molar-refractivity contribution in [2.75, 3.05) is 0 Å². The summed E-state index contributed by atoms with van der Waals surface area (Å²) in [6.45, 7) is 0. The molecule has 1 nitrogen and oxygen atoms in total. The summed E-state index contributed by atoms with van der Waals surface area (Å²) in [7, 11) is 0. The highest BCUT2D eigenvalue weighted by Crippen LogP contribution is 2.19. The lowest BCUT2D eigenvalue weighted by Gasteiger charge is -2.02. The van der Waals surface area contributed by atoms with Crippen molar-refractivity contribution in [3.63, 3.8) is 0 Å². The van der Waals surface area contributed by atoms with Crippen LogP contribution in [0.25, 0.3) is 0 Å². The van der Waals surface area contributed by atoms with Crippen LogP contribution in [-0.4, -0.2) is 9.52 Å². The molecule has 0 aliphatic rings. The molecule has 1 aromatic rings. The van der Waals surface area contributed by atoms with E-state index in [1.807, 2.05) is 0 Å². The van der Waals surface area contributed by atoms with Crippen molar-refractivity contribution in [3.05, 3.63) is 35.1 Å². The van der Waals surface area contributed by atoms with Gasteiger partial charge < -0.3 is 0 Å². The van der Waals surface area contributed by atoms with Crippen molar-refractivity contribution in [2.24, 2.45) is 0 Å². The van der Waals surface area contributed by atoms with Gasteiger partial charge >= 0.3 is 0 Å². The van der Waals surface area contributed by atoms with E-state index in [0.717, 1.165) is 0 Å². The van der Waals surface area contributed by atoms with E-state index < -0.39 is 27.0 Å². The third-order valence-corrected chi connectivity index (χ3v) is 2.30. The number of hydrogen-bond donors (Lipinski definition) is 0. The molecule has 0 saturated heterocycles. The van der Waals surface area contributed by atoms with Gasteiger partial charge in [-0.3, -0.25) is 4.79 Å². The first-order valence-electron chi connectivity index (χ1n) is 3.40. The van der Waals surface area contributed by atoms with Gasteiger partial charge in [-0.1, -0.05) is 31.9 Å². The molecule has 0 N–H and O–H groups in total. The maximum absolute atomic E-state index is 12.7. The van der Waals surface area contributed by atoms with E-state index in [9.17, 15) is 18.0 Å². The minimum Gasteiger partial charge on any atom is -0.292 e. The van der Waals surface area contributed by atoms with Gasteiger partial charge in [0.2, 0.25) is 0 Å². The first-order chi connectivity index (χ1) is 6.43. The average molecular weight is 332 g/mol. The molecule has 0 fully saturated rings. The van der Waals surface area contributed by atoms with Crippen LogP contribution < -0.4 is 0 Å². The lowest BCUT2D eigenvalue weighted by atomic mass is 10.1. The third-order valence-electron chi connectivity index (χ3n) is 1.47. The second kappa shape index (κ2) is 4.44. The van der Waals surface area contributed by atoms with E-state index in [1.54, 1.807) is 0 Å². The molecule has 0 atom stereocenters. The number of rotatable bonds is 2. The predicted molar refractivity (Wildman–Crippen MR) is 52.3 cm³/mol. The fourth-order valence-electron chi connectivity index (χ4n) is 0.824. The summed E-state index contributed by atoms with van der Waals surface area (Å²) in [5.74, 6) is -4.92. The summed E-state index contributed by atoms with van der Waals surface area (Å²) in [5, 5.41) is 0. The summed E-state index contributed by atoms with van der Waals surface area (Å²) in [4.78, 5) is 11.2. The highest BCUT2D eigenvalue weighted by Gasteiger charge is 2.18. The van der Waals surface area contributed by atoms with Crippen LogP contribution in [0.1, 0.15) is 10.4 Å². The number of carbonyl (C=O) groups excluding carboxylic acids is 1. The molecule has 0 unspecified atom stereocenters. The molecule has 0 spiro atoms. The van der Waals surface area contributed by atoms with Gasteiger partial charge in [0.05, 0.1) is 0 Å². The SMILES string of the molecule is O=C(c1cc(F)c(F)c(F)c1)C(Br)Br. The minimum atomic E-state index is -1.58. The van der Waals surface area contributed by atoms with Crippen molar-refractivity contribution in [3.8, 4) is 0 Å². The lowest BCUT2D eigenvalue weighted by Crippen LogP contribution is -2.09. The molecule has 0 aliphatic carbocycles. The van der Waals surface area contributed by atoms with E-state index in [1.165, 1.54) is 0 Å². The number of carbonyl (C=O) groups is 1. The highest BCUT2D eigenvalue weighted by molar-refractivity contribution is 9.25. The Hall–Kier alpha value is -0.360. The predicted octanol–water partition coefficient (Wildman–Crippen LogP) is 3.40. The Bertz CT molecular complexity index is 356. The van der Waals surface area contributed by atoms with Crippen LogP contribution in [-0.2, 0) is 0 Å². The first-order valence-corrected chi connectivity index (χ1v) is 5.23. The highest BCUT2D eigenvalue weighted by atomic mass is 79.9. The van der Waals surface area contributed by atoms with Crippen molar-refractivity contribution in [2.45, 2.75) is 3.74 Å². The zero-order chi connectivity index (χ0) is 10.9. The smallest absolute Gasteiger partial charge is 0.194 e. The van der Waals surface area contributed by atoms with Crippen molar-refractivity contribution < 1.29 is 18.0 Å². The van der Waals surface area contributed by atoms with E-state index in [-0.39, 0.29) is 5.56 Å². The number of halogens is 5. The number of ketones is 1. The maximum atomic E-state index is 12.7. The summed E-state index contributed by atoms with van der Waals surface area (Å²) in [6.07, 6.45) is 0. The zero-order valence-corrected chi connectivity index (χ0v) is 9.70. The molecular weight excluding hydrogens is 329 g/mol. The third kappa shape index (κ3) is 2.36. The Morgan fingerprint density at radius 2 is 1.57 bits per heavy atom. The van der Waals surface area contributed by atoms with Crippen LogP contribution >= 0.6 is 31.9 Å². The van der Waals surface area contributed by atoms with E-state index >= 15 is 0 Å². The standard InChI is InChI=1S/C8H3Br2F3O/c9-8(10)7(14)3-1-4(11)6(13)5(12)2-3/h1-2,8H. The van der Waals surface area contributed by atoms with Crippen LogP contribution in [0.2, 0.25) is 0 Å². The summed E-state index contributed by atoms with van der Waals surface area (Å²) >= 11 is 5.75. The quantitative estimate of drug-likeness (QED) is 0.461. The van der Waals surface area contributed by atoms with Crippen LogP contribution in [0, 0.1) is 17.5 Å². The van der Waals surface area contributed by atoms with Gasteiger partial charge in [0.1, 0.15) is 3.74 Å². The average Bonchev–Trinajstić information content (AvgIpc) is 2.12. The van der Waals surface area contributed by atoms with Crippen LogP contribution in [0.3, 0.4) is 0 Å². The molecule has 0 heterocycles. The maximum Gasteiger partial charge on any atom is 0.194 e. The molecule has 76 valence electrons. The number of alkyl halides is 2. The molecule has 1 rings (SSSR count). The second-order valence-corrected chi connectivity index (χ2v) is 5.48. The summed E-state index contributed by atoms with van der Waals surface area (Å²) in [5.41, 5.74) is -0.236. The van der Waals surface area contributed by atoms with Gasteiger partial charge in [0, 0.05) is 5.56 Å². The number of benzene rings is 1. The van der Waals surface area contributed by atoms with E-state index in [0.29, 0.717) is 12.1 Å². The molecule has 14 heavy (non-hydrogen) atoms. The van der Waals surface area contributed by atoms with Gasteiger partial charge in [-0.15, -0.1) is 0 Å². The van der Waals surface area contributed by atoms with Gasteiger partial charge in [-0.2, -0.15) is 0 Å². The normalized spacial score (nSPS) is 10.7. The number of Topliss-reactive ketones (excluding diaryl/α,β-unsaturated/α-hetero) is 1. The molecule has 0 saturated carbocycles. The largest absolute Gasteiger partial charge is 0.292 e. The fourth-order valence-corrected chi connectivity index (χ4v) is 1.35. The number of hydrogen-bond acceptors (Lipinski definition) is 1. The minimum absolute atomic E-state index is 0.236. The molecule has 0 aliphatic heterocycles. The summed E-state index contributed by atoms with van der Waals surface area (Å²) < 4.78 is 37.1. The van der Waals surface area contributed by atoms with Crippen LogP contribution in [0.4, 0.5) is 13.2 Å². The van der Waals surface area contributed by atoms with Crippen molar-refractivity contribution in [1.29, 1.82) is 0 Å². The Morgan fingerprint density at radius 3 is 1.93 bits per heavy atom. The Balaban J connectivity index is 3.19. The molecule has 0 amide bonds.